The monoisotopic (exact) mass is 308 g/mol. The predicted molar refractivity (Wildman–Crippen MR) is 69.9 cm³/mol. The molecule has 18 heavy (non-hydrogen) atoms. The first-order chi connectivity index (χ1) is 8.74. The van der Waals surface area contributed by atoms with Gasteiger partial charge in [0.15, 0.2) is 0 Å². The minimum Gasteiger partial charge on any atom is -0.392 e. The number of hydrogen-bond donors (Lipinski definition) is 1. The molecule has 94 valence electrons. The second-order valence-electron chi connectivity index (χ2n) is 4.60. The third-order valence-corrected chi connectivity index (χ3v) is 3.82. The molecule has 1 fully saturated rings. The Morgan fingerprint density at radius 1 is 1.39 bits per heavy atom. The van der Waals surface area contributed by atoms with Crippen molar-refractivity contribution < 1.29 is 9.63 Å². The van der Waals surface area contributed by atoms with Crippen LogP contribution in [-0.2, 0) is 6.42 Å². The van der Waals surface area contributed by atoms with Crippen LogP contribution in [0.15, 0.2) is 33.3 Å². The Labute approximate surface area is 113 Å². The lowest BCUT2D eigenvalue weighted by atomic mass is 10.1. The zero-order valence-corrected chi connectivity index (χ0v) is 11.3. The van der Waals surface area contributed by atoms with Crippen molar-refractivity contribution in [1.29, 1.82) is 0 Å². The maximum absolute atomic E-state index is 9.84. The third kappa shape index (κ3) is 2.47. The standard InChI is InChI=1S/C13H13BrN2O2/c14-10-4-2-1-3-9(10)13-15-12(18-16-13)7-11(17)8-5-6-8/h1-4,8,11,17H,5-7H2. The maximum Gasteiger partial charge on any atom is 0.229 e. The fourth-order valence-corrected chi connectivity index (χ4v) is 2.38. The van der Waals surface area contributed by atoms with E-state index < -0.39 is 0 Å². The van der Waals surface area contributed by atoms with Gasteiger partial charge in [0, 0.05) is 10.0 Å². The Kier molecular flexibility index (Phi) is 3.18. The minimum absolute atomic E-state index is 0.350. The average molecular weight is 309 g/mol. The van der Waals surface area contributed by atoms with Gasteiger partial charge in [-0.1, -0.05) is 33.2 Å². The number of rotatable bonds is 4. The van der Waals surface area contributed by atoms with Gasteiger partial charge in [0.05, 0.1) is 12.5 Å². The van der Waals surface area contributed by atoms with E-state index in [1.165, 1.54) is 0 Å². The average Bonchev–Trinajstić information content (AvgIpc) is 3.12. The highest BCUT2D eigenvalue weighted by atomic mass is 79.9. The Morgan fingerprint density at radius 3 is 2.89 bits per heavy atom. The van der Waals surface area contributed by atoms with E-state index in [9.17, 15) is 5.11 Å². The molecule has 0 spiro atoms. The lowest BCUT2D eigenvalue weighted by Gasteiger charge is -2.03. The highest BCUT2D eigenvalue weighted by Gasteiger charge is 2.31. The summed E-state index contributed by atoms with van der Waals surface area (Å²) in [7, 11) is 0. The highest BCUT2D eigenvalue weighted by molar-refractivity contribution is 9.10. The Bertz CT molecular complexity index is 551. The third-order valence-electron chi connectivity index (χ3n) is 3.13. The van der Waals surface area contributed by atoms with E-state index >= 15 is 0 Å². The van der Waals surface area contributed by atoms with Gasteiger partial charge in [0.25, 0.3) is 0 Å². The second kappa shape index (κ2) is 4.82. The Balaban J connectivity index is 1.78. The molecule has 1 saturated carbocycles. The van der Waals surface area contributed by atoms with Gasteiger partial charge in [0.2, 0.25) is 11.7 Å². The van der Waals surface area contributed by atoms with Gasteiger partial charge in [-0.05, 0) is 30.9 Å². The molecule has 2 aromatic rings. The molecule has 1 aromatic heterocycles. The van der Waals surface area contributed by atoms with Crippen molar-refractivity contribution in [3.63, 3.8) is 0 Å². The van der Waals surface area contributed by atoms with E-state index in [2.05, 4.69) is 26.1 Å². The largest absolute Gasteiger partial charge is 0.392 e. The van der Waals surface area contributed by atoms with Gasteiger partial charge < -0.3 is 9.63 Å². The SMILES string of the molecule is OC(Cc1nc(-c2ccccc2Br)no1)C1CC1. The molecule has 1 N–H and O–H groups in total. The number of aliphatic hydroxyl groups excluding tert-OH is 1. The zero-order chi connectivity index (χ0) is 12.5. The number of benzene rings is 1. The second-order valence-corrected chi connectivity index (χ2v) is 5.45. The van der Waals surface area contributed by atoms with Crippen molar-refractivity contribution >= 4 is 15.9 Å². The lowest BCUT2D eigenvalue weighted by Crippen LogP contribution is -2.12. The lowest BCUT2D eigenvalue weighted by molar-refractivity contribution is 0.140. The molecule has 0 radical (unpaired) electrons. The number of halogens is 1. The van der Waals surface area contributed by atoms with Gasteiger partial charge in [-0.2, -0.15) is 4.98 Å². The molecule has 4 nitrogen and oxygen atoms in total. The molecule has 1 heterocycles. The first-order valence-corrected chi connectivity index (χ1v) is 6.79. The molecule has 1 atom stereocenters. The van der Waals surface area contributed by atoms with Crippen LogP contribution >= 0.6 is 15.9 Å². The number of nitrogens with zero attached hydrogens (tertiary/aromatic N) is 2. The van der Waals surface area contributed by atoms with Crippen LogP contribution in [0.1, 0.15) is 18.7 Å². The van der Waals surface area contributed by atoms with E-state index in [4.69, 9.17) is 4.52 Å². The normalized spacial score (nSPS) is 16.8. The first-order valence-electron chi connectivity index (χ1n) is 5.99. The molecular formula is C13H13BrN2O2. The predicted octanol–water partition coefficient (Wildman–Crippen LogP) is 2.81. The maximum atomic E-state index is 9.84. The molecule has 0 bridgehead atoms. The van der Waals surface area contributed by atoms with Gasteiger partial charge in [-0.3, -0.25) is 0 Å². The topological polar surface area (TPSA) is 59.2 Å². The Morgan fingerprint density at radius 2 is 2.17 bits per heavy atom. The van der Waals surface area contributed by atoms with Crippen LogP contribution in [0.3, 0.4) is 0 Å². The molecule has 0 aliphatic heterocycles. The molecule has 1 aromatic carbocycles. The van der Waals surface area contributed by atoms with E-state index in [0.29, 0.717) is 24.1 Å². The van der Waals surface area contributed by atoms with Gasteiger partial charge in [0.1, 0.15) is 0 Å². The summed E-state index contributed by atoms with van der Waals surface area (Å²) in [4.78, 5) is 4.32. The summed E-state index contributed by atoms with van der Waals surface area (Å²) in [5.41, 5.74) is 0.897. The van der Waals surface area contributed by atoms with Crippen molar-refractivity contribution in [3.8, 4) is 11.4 Å². The van der Waals surface area contributed by atoms with Crippen LogP contribution in [0.2, 0.25) is 0 Å². The summed E-state index contributed by atoms with van der Waals surface area (Å²) >= 11 is 3.46. The molecule has 1 aliphatic rings. The number of hydrogen-bond acceptors (Lipinski definition) is 4. The van der Waals surface area contributed by atoms with Gasteiger partial charge >= 0.3 is 0 Å². The fourth-order valence-electron chi connectivity index (χ4n) is 1.92. The molecule has 3 rings (SSSR count). The van der Waals surface area contributed by atoms with E-state index in [1.807, 2.05) is 24.3 Å². The molecule has 0 amide bonds. The molecule has 1 aliphatic carbocycles. The van der Waals surface area contributed by atoms with Crippen LogP contribution in [0, 0.1) is 5.92 Å². The Hall–Kier alpha value is -1.20. The summed E-state index contributed by atoms with van der Waals surface area (Å²) in [5, 5.41) is 13.8. The molecule has 0 saturated heterocycles. The van der Waals surface area contributed by atoms with Crippen LogP contribution in [0.25, 0.3) is 11.4 Å². The van der Waals surface area contributed by atoms with Crippen molar-refractivity contribution in [2.45, 2.75) is 25.4 Å². The van der Waals surface area contributed by atoms with Crippen molar-refractivity contribution in [2.75, 3.05) is 0 Å². The van der Waals surface area contributed by atoms with E-state index in [-0.39, 0.29) is 6.10 Å². The number of aromatic nitrogens is 2. The minimum atomic E-state index is -0.350. The zero-order valence-electron chi connectivity index (χ0n) is 9.71. The molecule has 5 heteroatoms. The van der Waals surface area contributed by atoms with Crippen LogP contribution in [-0.4, -0.2) is 21.4 Å². The van der Waals surface area contributed by atoms with Crippen LogP contribution < -0.4 is 0 Å². The van der Waals surface area contributed by atoms with Crippen molar-refractivity contribution in [3.05, 3.63) is 34.6 Å². The first kappa shape index (κ1) is 11.9. The van der Waals surface area contributed by atoms with Crippen LogP contribution in [0.4, 0.5) is 0 Å². The summed E-state index contributed by atoms with van der Waals surface area (Å²) in [6.07, 6.45) is 2.30. The summed E-state index contributed by atoms with van der Waals surface area (Å²) in [6.45, 7) is 0. The van der Waals surface area contributed by atoms with Crippen LogP contribution in [0.5, 0.6) is 0 Å². The smallest absolute Gasteiger partial charge is 0.229 e. The number of aliphatic hydroxyl groups is 1. The highest BCUT2D eigenvalue weighted by Crippen LogP contribution is 2.34. The molecule has 1 unspecified atom stereocenters. The van der Waals surface area contributed by atoms with Crippen molar-refractivity contribution in [1.82, 2.24) is 10.1 Å². The summed E-state index contributed by atoms with van der Waals surface area (Å²) in [6, 6.07) is 7.72. The van der Waals surface area contributed by atoms with E-state index in [1.54, 1.807) is 0 Å². The molecular weight excluding hydrogens is 296 g/mol. The summed E-state index contributed by atoms with van der Waals surface area (Å²) in [5.74, 6) is 1.48. The summed E-state index contributed by atoms with van der Waals surface area (Å²) < 4.78 is 6.11. The fraction of sp³-hybridized carbons (Fsp3) is 0.385. The van der Waals surface area contributed by atoms with Crippen molar-refractivity contribution in [2.24, 2.45) is 5.92 Å². The van der Waals surface area contributed by atoms with Gasteiger partial charge in [-0.25, -0.2) is 0 Å². The quantitative estimate of drug-likeness (QED) is 0.943. The van der Waals surface area contributed by atoms with E-state index in [0.717, 1.165) is 22.9 Å². The van der Waals surface area contributed by atoms with Gasteiger partial charge in [-0.15, -0.1) is 0 Å².